The van der Waals surface area contributed by atoms with Gasteiger partial charge in [-0.1, -0.05) is 12.1 Å². The van der Waals surface area contributed by atoms with Crippen molar-refractivity contribution in [1.82, 2.24) is 15.1 Å². The second kappa shape index (κ2) is 7.02. The van der Waals surface area contributed by atoms with Crippen LogP contribution < -0.4 is 0 Å². The molecule has 2 aromatic rings. The predicted molar refractivity (Wildman–Crippen MR) is 83.8 cm³/mol. The molecule has 1 amide bonds. The van der Waals surface area contributed by atoms with Crippen LogP contribution in [0.3, 0.4) is 0 Å². The number of hydrogen-bond acceptors (Lipinski definition) is 5. The number of carbonyl (C=O) groups is 1. The Morgan fingerprint density at radius 1 is 1.38 bits per heavy atom. The summed E-state index contributed by atoms with van der Waals surface area (Å²) in [7, 11) is 0. The zero-order valence-electron chi connectivity index (χ0n) is 13.1. The Kier molecular flexibility index (Phi) is 4.82. The van der Waals surface area contributed by atoms with Crippen molar-refractivity contribution in [1.29, 1.82) is 0 Å². The number of aliphatic hydroxyl groups excluding tert-OH is 1. The fourth-order valence-corrected chi connectivity index (χ4v) is 2.87. The normalized spacial score (nSPS) is 20.8. The van der Waals surface area contributed by atoms with Gasteiger partial charge in [0, 0.05) is 19.2 Å². The molecule has 1 aliphatic rings. The lowest BCUT2D eigenvalue weighted by Crippen LogP contribution is -2.57. The molecule has 0 unspecified atom stereocenters. The van der Waals surface area contributed by atoms with Crippen molar-refractivity contribution >= 4 is 5.91 Å². The maximum Gasteiger partial charge on any atom is 0.274 e. The summed E-state index contributed by atoms with van der Waals surface area (Å²) in [6, 6.07) is 9.39. The van der Waals surface area contributed by atoms with Gasteiger partial charge in [-0.15, -0.1) is 5.10 Å². The Labute approximate surface area is 138 Å². The lowest BCUT2D eigenvalue weighted by atomic mass is 9.93. The van der Waals surface area contributed by atoms with Crippen molar-refractivity contribution in [2.24, 2.45) is 0 Å². The van der Waals surface area contributed by atoms with Crippen LogP contribution in [0, 0.1) is 5.82 Å². The highest BCUT2D eigenvalue weighted by Crippen LogP contribution is 2.24. The zero-order valence-corrected chi connectivity index (χ0v) is 13.1. The fraction of sp³-hybridized carbons (Fsp3) is 0.353. The largest absolute Gasteiger partial charge is 0.393 e. The summed E-state index contributed by atoms with van der Waals surface area (Å²) < 4.78 is 19.2. The average Bonchev–Trinajstić information content (AvgIpc) is 2.62. The molecule has 0 bridgehead atoms. The Hall–Kier alpha value is -2.38. The Balaban J connectivity index is 1.78. The van der Waals surface area contributed by atoms with Gasteiger partial charge < -0.3 is 14.7 Å². The molecule has 0 radical (unpaired) electrons. The van der Waals surface area contributed by atoms with Crippen LogP contribution in [0.25, 0.3) is 0 Å². The highest BCUT2D eigenvalue weighted by atomic mass is 19.1. The number of aliphatic hydroxyl groups is 1. The highest BCUT2D eigenvalue weighted by Gasteiger charge is 2.38. The molecular formula is C17H18FN3O3. The molecule has 0 spiro atoms. The van der Waals surface area contributed by atoms with Gasteiger partial charge in [0.25, 0.3) is 5.91 Å². The Morgan fingerprint density at radius 2 is 2.25 bits per heavy atom. The van der Waals surface area contributed by atoms with Crippen LogP contribution in [-0.2, 0) is 11.2 Å². The van der Waals surface area contributed by atoms with Gasteiger partial charge in [0.05, 0.1) is 19.8 Å². The molecule has 1 aromatic heterocycles. The predicted octanol–water partition coefficient (Wildman–Crippen LogP) is 1.06. The molecule has 6 nitrogen and oxygen atoms in total. The number of hydrogen-bond donors (Lipinski definition) is 1. The third kappa shape index (κ3) is 3.58. The van der Waals surface area contributed by atoms with E-state index in [2.05, 4.69) is 10.2 Å². The number of morpholine rings is 1. The molecule has 1 fully saturated rings. The summed E-state index contributed by atoms with van der Waals surface area (Å²) in [4.78, 5) is 14.1. The molecule has 1 aromatic carbocycles. The summed E-state index contributed by atoms with van der Waals surface area (Å²) in [5, 5.41) is 17.4. The van der Waals surface area contributed by atoms with Crippen molar-refractivity contribution in [3.05, 3.63) is 59.7 Å². The first-order chi connectivity index (χ1) is 11.6. The number of aromatic nitrogens is 2. The number of ether oxygens (including phenoxy) is 1. The standard InChI is InChI=1S/C17H18FN3O3/c18-14-4-1-3-13(9-14)10-17(12-22)11-21(7-8-24-17)16(23)15-5-2-6-19-20-15/h1-6,9,22H,7-8,10-12H2/t17-/m1/s1. The van der Waals surface area contributed by atoms with Crippen LogP contribution in [0.1, 0.15) is 16.1 Å². The molecular weight excluding hydrogens is 313 g/mol. The molecule has 0 aliphatic carbocycles. The molecule has 24 heavy (non-hydrogen) atoms. The van der Waals surface area contributed by atoms with Crippen molar-refractivity contribution in [3.8, 4) is 0 Å². The molecule has 0 saturated carbocycles. The number of amides is 1. The van der Waals surface area contributed by atoms with Crippen molar-refractivity contribution in [3.63, 3.8) is 0 Å². The van der Waals surface area contributed by atoms with E-state index in [-0.39, 0.29) is 30.6 Å². The third-order valence-corrected chi connectivity index (χ3v) is 4.03. The summed E-state index contributed by atoms with van der Waals surface area (Å²) in [6.07, 6.45) is 1.81. The van der Waals surface area contributed by atoms with E-state index >= 15 is 0 Å². The monoisotopic (exact) mass is 331 g/mol. The van der Waals surface area contributed by atoms with Crippen molar-refractivity contribution < 1.29 is 19.0 Å². The van der Waals surface area contributed by atoms with E-state index in [9.17, 15) is 14.3 Å². The maximum atomic E-state index is 13.4. The molecule has 1 aliphatic heterocycles. The van der Waals surface area contributed by atoms with Crippen LogP contribution in [0.2, 0.25) is 0 Å². The summed E-state index contributed by atoms with van der Waals surface area (Å²) >= 11 is 0. The average molecular weight is 331 g/mol. The SMILES string of the molecule is O=C(c1cccnn1)N1CCO[C@](CO)(Cc2cccc(F)c2)C1. The van der Waals surface area contributed by atoms with Gasteiger partial charge in [0.15, 0.2) is 5.69 Å². The number of nitrogens with zero attached hydrogens (tertiary/aromatic N) is 3. The van der Waals surface area contributed by atoms with Gasteiger partial charge >= 0.3 is 0 Å². The van der Waals surface area contributed by atoms with E-state index in [1.807, 2.05) is 0 Å². The molecule has 1 atom stereocenters. The summed E-state index contributed by atoms with van der Waals surface area (Å²) in [5.74, 6) is -0.604. The van der Waals surface area contributed by atoms with Gasteiger partial charge in [-0.05, 0) is 29.8 Å². The van der Waals surface area contributed by atoms with E-state index in [4.69, 9.17) is 4.74 Å². The van der Waals surface area contributed by atoms with Gasteiger partial charge in [-0.3, -0.25) is 4.79 Å². The minimum absolute atomic E-state index is 0.204. The quantitative estimate of drug-likeness (QED) is 0.907. The molecule has 1 saturated heterocycles. The fourth-order valence-electron chi connectivity index (χ4n) is 2.87. The van der Waals surface area contributed by atoms with E-state index < -0.39 is 5.60 Å². The minimum atomic E-state index is -0.954. The zero-order chi connectivity index (χ0) is 17.0. The first-order valence-electron chi connectivity index (χ1n) is 7.68. The van der Waals surface area contributed by atoms with Crippen LogP contribution in [0.4, 0.5) is 4.39 Å². The third-order valence-electron chi connectivity index (χ3n) is 4.03. The summed E-state index contributed by atoms with van der Waals surface area (Å²) in [5.41, 5.74) is -0.000890. The van der Waals surface area contributed by atoms with Gasteiger partial charge in [0.1, 0.15) is 11.4 Å². The van der Waals surface area contributed by atoms with Gasteiger partial charge in [-0.25, -0.2) is 4.39 Å². The molecule has 2 heterocycles. The number of halogens is 1. The van der Waals surface area contributed by atoms with Gasteiger partial charge in [0.2, 0.25) is 0 Å². The van der Waals surface area contributed by atoms with E-state index in [0.717, 1.165) is 0 Å². The minimum Gasteiger partial charge on any atom is -0.393 e. The van der Waals surface area contributed by atoms with Crippen LogP contribution in [-0.4, -0.2) is 58.0 Å². The smallest absolute Gasteiger partial charge is 0.274 e. The van der Waals surface area contributed by atoms with Crippen molar-refractivity contribution in [2.45, 2.75) is 12.0 Å². The van der Waals surface area contributed by atoms with Crippen molar-refractivity contribution in [2.75, 3.05) is 26.3 Å². The van der Waals surface area contributed by atoms with E-state index in [1.54, 1.807) is 29.2 Å². The highest BCUT2D eigenvalue weighted by molar-refractivity contribution is 5.92. The number of benzene rings is 1. The first kappa shape index (κ1) is 16.5. The lowest BCUT2D eigenvalue weighted by molar-refractivity contribution is -0.123. The molecule has 1 N–H and O–H groups in total. The number of rotatable bonds is 4. The van der Waals surface area contributed by atoms with Crippen LogP contribution >= 0.6 is 0 Å². The maximum absolute atomic E-state index is 13.4. The van der Waals surface area contributed by atoms with E-state index in [1.165, 1.54) is 18.3 Å². The van der Waals surface area contributed by atoms with Crippen LogP contribution in [0.15, 0.2) is 42.6 Å². The first-order valence-corrected chi connectivity index (χ1v) is 7.68. The van der Waals surface area contributed by atoms with Crippen LogP contribution in [0.5, 0.6) is 0 Å². The lowest BCUT2D eigenvalue weighted by Gasteiger charge is -2.41. The Morgan fingerprint density at radius 3 is 2.96 bits per heavy atom. The summed E-state index contributed by atoms with van der Waals surface area (Å²) in [6.45, 7) is 0.630. The number of carbonyl (C=O) groups excluding carboxylic acids is 1. The Bertz CT molecular complexity index is 713. The van der Waals surface area contributed by atoms with Gasteiger partial charge in [-0.2, -0.15) is 5.10 Å². The molecule has 7 heteroatoms. The topological polar surface area (TPSA) is 75.6 Å². The molecule has 3 rings (SSSR count). The molecule has 126 valence electrons. The van der Waals surface area contributed by atoms with E-state index in [0.29, 0.717) is 25.1 Å². The second-order valence-electron chi connectivity index (χ2n) is 5.83. The second-order valence-corrected chi connectivity index (χ2v) is 5.83.